The molecule has 0 spiro atoms. The molecule has 0 aliphatic rings. The van der Waals surface area contributed by atoms with Crippen molar-refractivity contribution in [2.24, 2.45) is 0 Å². The lowest BCUT2D eigenvalue weighted by atomic mass is 9.93. The van der Waals surface area contributed by atoms with E-state index in [1.54, 1.807) is 6.08 Å². The molecule has 28 heavy (non-hydrogen) atoms. The van der Waals surface area contributed by atoms with Gasteiger partial charge in [-0.1, -0.05) is 87.0 Å². The Morgan fingerprint density at radius 1 is 0.821 bits per heavy atom. The largest absolute Gasteiger partial charge is 0.207 e. The van der Waals surface area contributed by atoms with E-state index in [9.17, 15) is 8.78 Å². The van der Waals surface area contributed by atoms with E-state index in [1.807, 2.05) is 31.2 Å². The molecule has 0 saturated heterocycles. The van der Waals surface area contributed by atoms with Crippen LogP contribution in [0.4, 0.5) is 8.78 Å². The van der Waals surface area contributed by atoms with Gasteiger partial charge in [0.15, 0.2) is 0 Å². The molecule has 0 aliphatic carbocycles. The lowest BCUT2D eigenvalue weighted by Crippen LogP contribution is -1.98. The monoisotopic (exact) mass is 376 g/mol. The van der Waals surface area contributed by atoms with Crippen molar-refractivity contribution < 1.29 is 8.78 Å². The van der Waals surface area contributed by atoms with Crippen molar-refractivity contribution in [1.29, 1.82) is 0 Å². The third-order valence-electron chi connectivity index (χ3n) is 5.02. The summed E-state index contributed by atoms with van der Waals surface area (Å²) in [5, 5.41) is 0. The predicted octanol–water partition coefficient (Wildman–Crippen LogP) is 7.43. The zero-order chi connectivity index (χ0) is 19.9. The Hall–Kier alpha value is -2.74. The number of hydrogen-bond acceptors (Lipinski definition) is 0. The summed E-state index contributed by atoms with van der Waals surface area (Å²) in [5.74, 6) is -0.478. The van der Waals surface area contributed by atoms with Crippen LogP contribution in [-0.4, -0.2) is 0 Å². The van der Waals surface area contributed by atoms with Crippen LogP contribution in [0, 0.1) is 11.6 Å². The van der Waals surface area contributed by atoms with Gasteiger partial charge >= 0.3 is 0 Å². The van der Waals surface area contributed by atoms with Gasteiger partial charge < -0.3 is 0 Å². The summed E-state index contributed by atoms with van der Waals surface area (Å²) in [6, 6.07) is 21.6. The van der Waals surface area contributed by atoms with E-state index in [-0.39, 0.29) is 5.56 Å². The van der Waals surface area contributed by atoms with Crippen LogP contribution < -0.4 is 0 Å². The Balaban J connectivity index is 1.67. The molecule has 0 aliphatic heterocycles. The van der Waals surface area contributed by atoms with Crippen molar-refractivity contribution in [3.8, 4) is 0 Å². The second kappa shape index (κ2) is 9.45. The van der Waals surface area contributed by atoms with Gasteiger partial charge in [-0.3, -0.25) is 0 Å². The zero-order valence-corrected chi connectivity index (χ0v) is 16.5. The highest BCUT2D eigenvalue weighted by molar-refractivity contribution is 5.69. The molecule has 0 unspecified atom stereocenters. The average Bonchev–Trinajstić information content (AvgIpc) is 2.71. The SMILES string of the molecule is CCCc1c(F)cc(C=Cc2ccc(C[C@@H](C)c3ccccc3)cc2)cc1F. The molecule has 3 aromatic carbocycles. The van der Waals surface area contributed by atoms with E-state index in [0.29, 0.717) is 17.9 Å². The van der Waals surface area contributed by atoms with Crippen LogP contribution in [-0.2, 0) is 12.8 Å². The third kappa shape index (κ3) is 5.16. The van der Waals surface area contributed by atoms with Crippen molar-refractivity contribution in [3.05, 3.63) is 106 Å². The average molecular weight is 376 g/mol. The maximum Gasteiger partial charge on any atom is 0.129 e. The summed E-state index contributed by atoms with van der Waals surface area (Å²) in [6.45, 7) is 4.14. The maximum atomic E-state index is 14.1. The summed E-state index contributed by atoms with van der Waals surface area (Å²) in [6.07, 6.45) is 5.76. The van der Waals surface area contributed by atoms with Crippen LogP contribution in [0.1, 0.15) is 54.0 Å². The maximum absolute atomic E-state index is 14.1. The van der Waals surface area contributed by atoms with Crippen molar-refractivity contribution >= 4 is 12.2 Å². The van der Waals surface area contributed by atoms with Crippen molar-refractivity contribution in [2.75, 3.05) is 0 Å². The second-order valence-corrected chi connectivity index (χ2v) is 7.30. The minimum Gasteiger partial charge on any atom is -0.207 e. The summed E-state index contributed by atoms with van der Waals surface area (Å²) in [7, 11) is 0. The van der Waals surface area contributed by atoms with Crippen LogP contribution in [0.3, 0.4) is 0 Å². The van der Waals surface area contributed by atoms with Gasteiger partial charge in [-0.15, -0.1) is 0 Å². The van der Waals surface area contributed by atoms with Gasteiger partial charge in [0, 0.05) is 5.56 Å². The molecule has 3 rings (SSSR count). The molecule has 0 aromatic heterocycles. The molecule has 0 N–H and O–H groups in total. The Bertz CT molecular complexity index is 901. The number of benzene rings is 3. The summed E-state index contributed by atoms with van der Waals surface area (Å²) in [5.41, 5.74) is 4.33. The Morgan fingerprint density at radius 3 is 2.04 bits per heavy atom. The van der Waals surface area contributed by atoms with E-state index in [4.69, 9.17) is 0 Å². The van der Waals surface area contributed by atoms with Crippen LogP contribution in [0.15, 0.2) is 66.7 Å². The first-order chi connectivity index (χ1) is 13.6. The molecule has 3 aromatic rings. The first kappa shape index (κ1) is 20.0. The van der Waals surface area contributed by atoms with Gasteiger partial charge in [-0.25, -0.2) is 8.78 Å². The van der Waals surface area contributed by atoms with Crippen LogP contribution in [0.2, 0.25) is 0 Å². The normalized spacial score (nSPS) is 12.4. The minimum atomic E-state index is -0.466. The molecule has 0 radical (unpaired) electrons. The standard InChI is InChI=1S/C26H26F2/c1-3-7-24-25(27)17-22(18-26(24)28)15-12-20-10-13-21(14-11-20)16-19(2)23-8-5-4-6-9-23/h4-6,8-15,17-19H,3,7,16H2,1-2H3/t19-/m1/s1. The fourth-order valence-corrected chi connectivity index (χ4v) is 3.42. The van der Waals surface area contributed by atoms with Crippen molar-refractivity contribution in [2.45, 2.75) is 39.0 Å². The van der Waals surface area contributed by atoms with Crippen LogP contribution in [0.5, 0.6) is 0 Å². The van der Waals surface area contributed by atoms with Crippen molar-refractivity contribution in [3.63, 3.8) is 0 Å². The second-order valence-electron chi connectivity index (χ2n) is 7.30. The van der Waals surface area contributed by atoms with E-state index >= 15 is 0 Å². The van der Waals surface area contributed by atoms with Gasteiger partial charge in [0.25, 0.3) is 0 Å². The van der Waals surface area contributed by atoms with Crippen molar-refractivity contribution in [1.82, 2.24) is 0 Å². The highest BCUT2D eigenvalue weighted by Crippen LogP contribution is 2.22. The third-order valence-corrected chi connectivity index (χ3v) is 5.02. The number of halogens is 2. The molecule has 0 nitrogen and oxygen atoms in total. The molecule has 0 amide bonds. The lowest BCUT2D eigenvalue weighted by molar-refractivity contribution is 0.552. The predicted molar refractivity (Wildman–Crippen MR) is 114 cm³/mol. The summed E-state index contributed by atoms with van der Waals surface area (Å²) >= 11 is 0. The summed E-state index contributed by atoms with van der Waals surface area (Å²) < 4.78 is 28.1. The van der Waals surface area contributed by atoms with Crippen LogP contribution >= 0.6 is 0 Å². The van der Waals surface area contributed by atoms with E-state index in [2.05, 4.69) is 43.3 Å². The fraction of sp³-hybridized carbons (Fsp3) is 0.231. The van der Waals surface area contributed by atoms with Gasteiger partial charge in [0.2, 0.25) is 0 Å². The van der Waals surface area contributed by atoms with Gasteiger partial charge in [-0.2, -0.15) is 0 Å². The van der Waals surface area contributed by atoms with Crippen LogP contribution in [0.25, 0.3) is 12.2 Å². The molecule has 0 fully saturated rings. The molecule has 1 atom stereocenters. The Morgan fingerprint density at radius 2 is 1.43 bits per heavy atom. The fourth-order valence-electron chi connectivity index (χ4n) is 3.42. The van der Waals surface area contributed by atoms with Gasteiger partial charge in [0.05, 0.1) is 0 Å². The zero-order valence-electron chi connectivity index (χ0n) is 16.5. The molecule has 2 heteroatoms. The molecule has 0 bridgehead atoms. The molecule has 0 heterocycles. The Kier molecular flexibility index (Phi) is 6.76. The molecule has 144 valence electrons. The van der Waals surface area contributed by atoms with E-state index < -0.39 is 11.6 Å². The molecular formula is C26H26F2. The van der Waals surface area contributed by atoms with Gasteiger partial charge in [-0.05, 0) is 53.1 Å². The first-order valence-electron chi connectivity index (χ1n) is 9.86. The highest BCUT2D eigenvalue weighted by Gasteiger charge is 2.09. The smallest absolute Gasteiger partial charge is 0.129 e. The number of rotatable bonds is 7. The van der Waals surface area contributed by atoms with Gasteiger partial charge in [0.1, 0.15) is 11.6 Å². The Labute approximate surface area is 166 Å². The first-order valence-corrected chi connectivity index (χ1v) is 9.86. The minimum absolute atomic E-state index is 0.177. The van der Waals surface area contributed by atoms with E-state index in [0.717, 1.165) is 18.4 Å². The summed E-state index contributed by atoms with van der Waals surface area (Å²) in [4.78, 5) is 0. The number of hydrogen-bond donors (Lipinski definition) is 0. The quantitative estimate of drug-likeness (QED) is 0.376. The molecule has 0 saturated carbocycles. The molecular weight excluding hydrogens is 350 g/mol. The highest BCUT2D eigenvalue weighted by atomic mass is 19.1. The van der Waals surface area contributed by atoms with E-state index in [1.165, 1.54) is 23.3 Å². The lowest BCUT2D eigenvalue weighted by Gasteiger charge is -2.12. The topological polar surface area (TPSA) is 0 Å².